The lowest BCUT2D eigenvalue weighted by Crippen LogP contribution is -2.19. The second kappa shape index (κ2) is 5.64. The van der Waals surface area contributed by atoms with E-state index in [2.05, 4.69) is 0 Å². The predicted octanol–water partition coefficient (Wildman–Crippen LogP) is 2.21. The number of carbonyl (C=O) groups is 1. The predicted molar refractivity (Wildman–Crippen MR) is 62.6 cm³/mol. The summed E-state index contributed by atoms with van der Waals surface area (Å²) in [7, 11) is -2.84. The first-order valence-electron chi connectivity index (χ1n) is 5.34. The molecular weight excluding hydrogens is 212 g/mol. The molecule has 0 aliphatic rings. The maximum atomic E-state index is 11.5. The zero-order chi connectivity index (χ0) is 12.1. The van der Waals surface area contributed by atoms with Gasteiger partial charge in [-0.15, -0.1) is 0 Å². The molecule has 0 rings (SSSR count). The van der Waals surface area contributed by atoms with Crippen LogP contribution >= 0.6 is 0 Å². The summed E-state index contributed by atoms with van der Waals surface area (Å²) in [6.07, 6.45) is 4.08. The van der Waals surface area contributed by atoms with E-state index in [1.54, 1.807) is 0 Å². The van der Waals surface area contributed by atoms with E-state index in [9.17, 15) is 13.2 Å². The number of hydrogen-bond acceptors (Lipinski definition) is 3. The highest BCUT2D eigenvalue weighted by atomic mass is 32.2. The molecule has 0 aliphatic heterocycles. The molecule has 0 aromatic carbocycles. The number of carbonyl (C=O) groups excluding carboxylic acids is 1. The van der Waals surface area contributed by atoms with Gasteiger partial charge in [0.05, 0.1) is 0 Å². The first-order valence-corrected chi connectivity index (χ1v) is 7.40. The number of hydrogen-bond donors (Lipinski definition) is 0. The van der Waals surface area contributed by atoms with Crippen LogP contribution in [0.1, 0.15) is 46.5 Å². The minimum atomic E-state index is -2.84. The molecule has 15 heavy (non-hydrogen) atoms. The highest BCUT2D eigenvalue weighted by Gasteiger charge is 2.19. The van der Waals surface area contributed by atoms with Crippen LogP contribution in [0.5, 0.6) is 0 Å². The second-order valence-electron chi connectivity index (χ2n) is 5.11. The number of Topliss-reactive ketones (excluding diaryl/α,β-unsaturated/α-hetero) is 1. The highest BCUT2D eigenvalue weighted by Crippen LogP contribution is 2.18. The summed E-state index contributed by atoms with van der Waals surface area (Å²) in [6, 6.07) is 0. The van der Waals surface area contributed by atoms with Crippen LogP contribution in [0.3, 0.4) is 0 Å². The zero-order valence-electron chi connectivity index (χ0n) is 10.2. The fourth-order valence-corrected chi connectivity index (χ4v) is 1.93. The molecule has 0 radical (unpaired) electrons. The molecule has 90 valence electrons. The van der Waals surface area contributed by atoms with Gasteiger partial charge < -0.3 is 0 Å². The lowest BCUT2D eigenvalue weighted by Gasteiger charge is -2.15. The molecule has 0 N–H and O–H groups in total. The zero-order valence-corrected chi connectivity index (χ0v) is 11.0. The van der Waals surface area contributed by atoms with Crippen molar-refractivity contribution in [3.05, 3.63) is 0 Å². The molecule has 0 saturated carbocycles. The van der Waals surface area contributed by atoms with Crippen molar-refractivity contribution < 1.29 is 13.2 Å². The third-order valence-electron chi connectivity index (χ3n) is 2.26. The van der Waals surface area contributed by atoms with E-state index in [0.717, 1.165) is 12.8 Å². The Morgan fingerprint density at radius 1 is 1.07 bits per heavy atom. The Kier molecular flexibility index (Phi) is 5.49. The van der Waals surface area contributed by atoms with E-state index in [1.165, 1.54) is 6.26 Å². The van der Waals surface area contributed by atoms with Gasteiger partial charge in [0.15, 0.2) is 0 Å². The first-order chi connectivity index (χ1) is 6.63. The van der Waals surface area contributed by atoms with Gasteiger partial charge in [-0.1, -0.05) is 27.2 Å². The summed E-state index contributed by atoms with van der Waals surface area (Å²) in [6.45, 7) is 5.73. The second-order valence-corrected chi connectivity index (χ2v) is 7.37. The average molecular weight is 234 g/mol. The molecule has 0 amide bonds. The third kappa shape index (κ3) is 8.60. The summed E-state index contributed by atoms with van der Waals surface area (Å²) in [5.74, 6) is 0.485. The smallest absolute Gasteiger partial charge is 0.147 e. The van der Waals surface area contributed by atoms with Gasteiger partial charge in [0.25, 0.3) is 0 Å². The molecule has 0 aliphatic carbocycles. The Morgan fingerprint density at radius 2 is 1.60 bits per heavy atom. The topological polar surface area (TPSA) is 51.2 Å². The van der Waals surface area contributed by atoms with Crippen molar-refractivity contribution in [2.24, 2.45) is 5.41 Å². The van der Waals surface area contributed by atoms with E-state index < -0.39 is 9.84 Å². The normalized spacial score (nSPS) is 12.8. The van der Waals surface area contributed by atoms with E-state index in [4.69, 9.17) is 0 Å². The molecule has 0 saturated heterocycles. The Balaban J connectivity index is 3.61. The molecule has 0 aromatic heterocycles. The van der Waals surface area contributed by atoms with Crippen LogP contribution in [0.25, 0.3) is 0 Å². The summed E-state index contributed by atoms with van der Waals surface area (Å²) >= 11 is 0. The average Bonchev–Trinajstić information content (AvgIpc) is 1.99. The monoisotopic (exact) mass is 234 g/mol. The van der Waals surface area contributed by atoms with Crippen molar-refractivity contribution in [3.8, 4) is 0 Å². The molecule has 0 bridgehead atoms. The molecule has 0 fully saturated rings. The summed E-state index contributed by atoms with van der Waals surface area (Å²) in [5.41, 5.74) is -0.267. The van der Waals surface area contributed by atoms with Gasteiger partial charge >= 0.3 is 0 Å². The van der Waals surface area contributed by atoms with Gasteiger partial charge in [-0.3, -0.25) is 4.79 Å². The number of ketones is 1. The number of unbranched alkanes of at least 4 members (excludes halogenated alkanes) is 2. The molecule has 0 heterocycles. The highest BCUT2D eigenvalue weighted by molar-refractivity contribution is 7.90. The van der Waals surface area contributed by atoms with E-state index >= 15 is 0 Å². The van der Waals surface area contributed by atoms with Crippen LogP contribution < -0.4 is 0 Å². The standard InChI is InChI=1S/C11H22O3S/c1-11(2,3)10(12)8-6-5-7-9-15(4,13)14/h5-9H2,1-4H3. The number of sulfone groups is 1. The largest absolute Gasteiger partial charge is 0.299 e. The Bertz CT molecular complexity index is 296. The lowest BCUT2D eigenvalue weighted by atomic mass is 9.88. The quantitative estimate of drug-likeness (QED) is 0.662. The Labute approximate surface area is 93.2 Å². The number of rotatable bonds is 6. The molecule has 0 aromatic rings. The molecule has 0 unspecified atom stereocenters. The summed E-state index contributed by atoms with van der Waals surface area (Å²) < 4.78 is 21.6. The molecule has 0 spiro atoms. The van der Waals surface area contributed by atoms with Gasteiger partial charge in [0.2, 0.25) is 0 Å². The molecular formula is C11H22O3S. The van der Waals surface area contributed by atoms with Crippen LogP contribution in [0.4, 0.5) is 0 Å². The van der Waals surface area contributed by atoms with E-state index in [-0.39, 0.29) is 17.0 Å². The van der Waals surface area contributed by atoms with Crippen molar-refractivity contribution in [2.75, 3.05) is 12.0 Å². The van der Waals surface area contributed by atoms with Crippen LogP contribution in [0, 0.1) is 5.41 Å². The van der Waals surface area contributed by atoms with Gasteiger partial charge in [0, 0.05) is 23.8 Å². The van der Waals surface area contributed by atoms with Crippen molar-refractivity contribution in [1.82, 2.24) is 0 Å². The van der Waals surface area contributed by atoms with E-state index in [0.29, 0.717) is 12.8 Å². The Hall–Kier alpha value is -0.380. The van der Waals surface area contributed by atoms with Gasteiger partial charge in [-0.05, 0) is 12.8 Å². The van der Waals surface area contributed by atoms with Crippen molar-refractivity contribution >= 4 is 15.6 Å². The van der Waals surface area contributed by atoms with Gasteiger partial charge in [-0.2, -0.15) is 0 Å². The fourth-order valence-electron chi connectivity index (χ4n) is 1.20. The minimum Gasteiger partial charge on any atom is -0.299 e. The third-order valence-corrected chi connectivity index (χ3v) is 3.29. The first kappa shape index (κ1) is 14.6. The van der Waals surface area contributed by atoms with Gasteiger partial charge in [-0.25, -0.2) is 8.42 Å². The van der Waals surface area contributed by atoms with Gasteiger partial charge in [0.1, 0.15) is 15.6 Å². The molecule has 0 atom stereocenters. The van der Waals surface area contributed by atoms with Crippen LogP contribution in [-0.2, 0) is 14.6 Å². The Morgan fingerprint density at radius 3 is 2.00 bits per heavy atom. The summed E-state index contributed by atoms with van der Waals surface area (Å²) in [5, 5.41) is 0. The van der Waals surface area contributed by atoms with Crippen LogP contribution in [0.15, 0.2) is 0 Å². The molecule has 4 heteroatoms. The maximum absolute atomic E-state index is 11.5. The maximum Gasteiger partial charge on any atom is 0.147 e. The van der Waals surface area contributed by atoms with Crippen molar-refractivity contribution in [2.45, 2.75) is 46.5 Å². The van der Waals surface area contributed by atoms with Crippen molar-refractivity contribution in [3.63, 3.8) is 0 Å². The molecule has 3 nitrogen and oxygen atoms in total. The minimum absolute atomic E-state index is 0.233. The van der Waals surface area contributed by atoms with Crippen LogP contribution in [-0.4, -0.2) is 26.2 Å². The van der Waals surface area contributed by atoms with Crippen LogP contribution in [0.2, 0.25) is 0 Å². The van der Waals surface area contributed by atoms with E-state index in [1.807, 2.05) is 20.8 Å². The fraction of sp³-hybridized carbons (Fsp3) is 0.909. The lowest BCUT2D eigenvalue weighted by molar-refractivity contribution is -0.126. The SMILES string of the molecule is CC(C)(C)C(=O)CCCCCS(C)(=O)=O. The summed E-state index contributed by atoms with van der Waals surface area (Å²) in [4.78, 5) is 11.5. The van der Waals surface area contributed by atoms with Crippen molar-refractivity contribution in [1.29, 1.82) is 0 Å².